The van der Waals surface area contributed by atoms with Gasteiger partial charge in [0.05, 0.1) is 17.5 Å². The Morgan fingerprint density at radius 3 is 2.65 bits per heavy atom. The third-order valence-electron chi connectivity index (χ3n) is 3.57. The summed E-state index contributed by atoms with van der Waals surface area (Å²) in [5.41, 5.74) is 6.97. The molecule has 0 saturated carbocycles. The van der Waals surface area contributed by atoms with E-state index in [2.05, 4.69) is 10.3 Å². The minimum Gasteiger partial charge on any atom is -0.320 e. The maximum Gasteiger partial charge on any atom is 0.243 e. The maximum atomic E-state index is 13.8. The summed E-state index contributed by atoms with van der Waals surface area (Å²) >= 11 is 1.25. The van der Waals surface area contributed by atoms with Crippen molar-refractivity contribution in [3.05, 3.63) is 46.2 Å². The second kappa shape index (κ2) is 9.40. The number of benzene rings is 1. The van der Waals surface area contributed by atoms with Gasteiger partial charge in [-0.25, -0.2) is 17.8 Å². The van der Waals surface area contributed by atoms with E-state index in [4.69, 9.17) is 5.73 Å². The van der Waals surface area contributed by atoms with E-state index < -0.39 is 21.8 Å². The molecule has 144 valence electrons. The van der Waals surface area contributed by atoms with Gasteiger partial charge in [0.15, 0.2) is 5.13 Å². The van der Waals surface area contributed by atoms with E-state index >= 15 is 0 Å². The Morgan fingerprint density at radius 2 is 2.04 bits per heavy atom. The third-order valence-corrected chi connectivity index (χ3v) is 5.62. The molecule has 0 fully saturated rings. The second-order valence-electron chi connectivity index (χ2n) is 5.81. The highest BCUT2D eigenvalue weighted by atomic mass is 35.5. The van der Waals surface area contributed by atoms with Gasteiger partial charge >= 0.3 is 0 Å². The summed E-state index contributed by atoms with van der Waals surface area (Å²) in [7, 11) is -3.18. The van der Waals surface area contributed by atoms with Crippen LogP contribution in [-0.2, 0) is 21.1 Å². The van der Waals surface area contributed by atoms with Crippen molar-refractivity contribution in [3.63, 3.8) is 0 Å². The quantitative estimate of drug-likeness (QED) is 0.714. The zero-order valence-corrected chi connectivity index (χ0v) is 16.8. The molecule has 0 aliphatic heterocycles. The first kappa shape index (κ1) is 22.5. The summed E-state index contributed by atoms with van der Waals surface area (Å²) in [5, 5.41) is 2.96. The molecule has 0 bridgehead atoms. The van der Waals surface area contributed by atoms with Crippen LogP contribution in [0.4, 0.5) is 9.52 Å². The number of hydrogen-bond donors (Lipinski definition) is 2. The molecule has 1 aromatic carbocycles. The molecule has 10 heteroatoms. The molecular weight excluding hydrogens is 401 g/mol. The van der Waals surface area contributed by atoms with Gasteiger partial charge in [0.25, 0.3) is 0 Å². The fraction of sp³-hybridized carbons (Fsp3) is 0.375. The van der Waals surface area contributed by atoms with Gasteiger partial charge in [0, 0.05) is 17.6 Å². The number of hydrogen-bond acceptors (Lipinski definition) is 6. The van der Waals surface area contributed by atoms with E-state index in [1.54, 1.807) is 25.1 Å². The molecule has 1 atom stereocenters. The molecule has 0 aliphatic rings. The van der Waals surface area contributed by atoms with Crippen LogP contribution in [0.1, 0.15) is 22.6 Å². The fourth-order valence-corrected chi connectivity index (χ4v) is 3.80. The Balaban J connectivity index is 0.00000338. The molecule has 1 heterocycles. The van der Waals surface area contributed by atoms with E-state index in [1.807, 2.05) is 0 Å². The van der Waals surface area contributed by atoms with Crippen molar-refractivity contribution in [2.75, 3.05) is 17.3 Å². The molecular formula is C16H21ClFN3O3S2. The smallest absolute Gasteiger partial charge is 0.243 e. The van der Waals surface area contributed by atoms with Crippen LogP contribution in [0.15, 0.2) is 24.3 Å². The Labute approximate surface area is 162 Å². The Kier molecular flexibility index (Phi) is 8.14. The summed E-state index contributed by atoms with van der Waals surface area (Å²) in [4.78, 5) is 17.1. The molecule has 0 aliphatic carbocycles. The molecule has 6 nitrogen and oxygen atoms in total. The number of nitrogens with two attached hydrogens (primary N) is 1. The van der Waals surface area contributed by atoms with Crippen molar-refractivity contribution in [1.82, 2.24) is 4.98 Å². The molecule has 1 amide bonds. The number of thiazole rings is 1. The highest BCUT2D eigenvalue weighted by Crippen LogP contribution is 2.26. The lowest BCUT2D eigenvalue weighted by molar-refractivity contribution is -0.117. The van der Waals surface area contributed by atoms with E-state index in [9.17, 15) is 17.6 Å². The van der Waals surface area contributed by atoms with Crippen LogP contribution in [-0.4, -0.2) is 37.4 Å². The summed E-state index contributed by atoms with van der Waals surface area (Å²) < 4.78 is 36.0. The number of aryl methyl sites for hydroxylation is 1. The van der Waals surface area contributed by atoms with Gasteiger partial charge in [-0.3, -0.25) is 4.79 Å². The van der Waals surface area contributed by atoms with Crippen molar-refractivity contribution in [3.8, 4) is 0 Å². The number of carbonyl (C=O) groups is 1. The molecule has 1 unspecified atom stereocenters. The molecule has 0 saturated heterocycles. The van der Waals surface area contributed by atoms with Crippen molar-refractivity contribution in [2.45, 2.75) is 25.8 Å². The lowest BCUT2D eigenvalue weighted by Gasteiger charge is -2.09. The van der Waals surface area contributed by atoms with Gasteiger partial charge < -0.3 is 11.1 Å². The number of nitrogens with one attached hydrogen (secondary N) is 1. The SMILES string of the molecule is Cc1nc(NC(=O)C(N)CCS(C)(=O)=O)sc1Cc1ccccc1F.Cl. The zero-order chi connectivity index (χ0) is 18.6. The molecule has 0 spiro atoms. The molecule has 3 N–H and O–H groups in total. The van der Waals surface area contributed by atoms with Crippen molar-refractivity contribution in [1.29, 1.82) is 0 Å². The minimum absolute atomic E-state index is 0. The Bertz CT molecular complexity index is 871. The number of anilines is 1. The fourth-order valence-electron chi connectivity index (χ4n) is 2.13. The lowest BCUT2D eigenvalue weighted by Crippen LogP contribution is -2.37. The zero-order valence-electron chi connectivity index (χ0n) is 14.4. The van der Waals surface area contributed by atoms with Crippen LogP contribution in [0.25, 0.3) is 0 Å². The number of rotatable bonds is 7. The normalized spacial score (nSPS) is 12.3. The summed E-state index contributed by atoms with van der Waals surface area (Å²) in [6.45, 7) is 1.78. The molecule has 0 radical (unpaired) electrons. The van der Waals surface area contributed by atoms with Gasteiger partial charge in [-0.05, 0) is 25.0 Å². The summed E-state index contributed by atoms with van der Waals surface area (Å²) in [6.07, 6.45) is 1.51. The average Bonchev–Trinajstić information content (AvgIpc) is 2.86. The molecule has 26 heavy (non-hydrogen) atoms. The predicted octanol–water partition coefficient (Wildman–Crippen LogP) is 2.30. The van der Waals surface area contributed by atoms with Gasteiger partial charge in [-0.2, -0.15) is 0 Å². The Hall–Kier alpha value is -1.55. The van der Waals surface area contributed by atoms with E-state index in [0.29, 0.717) is 22.8 Å². The molecule has 1 aromatic heterocycles. The predicted molar refractivity (Wildman–Crippen MR) is 104 cm³/mol. The molecule has 2 rings (SSSR count). The number of amides is 1. The van der Waals surface area contributed by atoms with Crippen LogP contribution >= 0.6 is 23.7 Å². The average molecular weight is 422 g/mol. The monoisotopic (exact) mass is 421 g/mol. The first-order chi connectivity index (χ1) is 11.7. The van der Waals surface area contributed by atoms with Crippen LogP contribution in [0.5, 0.6) is 0 Å². The Morgan fingerprint density at radius 1 is 1.38 bits per heavy atom. The number of sulfone groups is 1. The van der Waals surface area contributed by atoms with Gasteiger partial charge in [-0.1, -0.05) is 18.2 Å². The summed E-state index contributed by atoms with van der Waals surface area (Å²) in [5.74, 6) is -0.935. The maximum absolute atomic E-state index is 13.8. The van der Waals surface area contributed by atoms with Crippen LogP contribution < -0.4 is 11.1 Å². The molecule has 2 aromatic rings. The standard InChI is InChI=1S/C16H20FN3O3S2.ClH/c1-10-14(9-11-5-3-4-6-12(11)17)24-16(19-10)20-15(21)13(18)7-8-25(2,22)23;/h3-6,13H,7-9,18H2,1-2H3,(H,19,20,21);1H. The number of aromatic nitrogens is 1. The first-order valence-electron chi connectivity index (χ1n) is 7.59. The van der Waals surface area contributed by atoms with Crippen molar-refractivity contribution >= 4 is 44.6 Å². The van der Waals surface area contributed by atoms with E-state index in [1.165, 1.54) is 17.4 Å². The third kappa shape index (κ3) is 6.64. The number of halogens is 2. The van der Waals surface area contributed by atoms with Crippen molar-refractivity contribution < 1.29 is 17.6 Å². The van der Waals surface area contributed by atoms with Crippen molar-refractivity contribution in [2.24, 2.45) is 5.73 Å². The van der Waals surface area contributed by atoms with Gasteiger partial charge in [0.2, 0.25) is 5.91 Å². The van der Waals surface area contributed by atoms with Gasteiger partial charge in [-0.15, -0.1) is 23.7 Å². The highest BCUT2D eigenvalue weighted by Gasteiger charge is 2.18. The largest absolute Gasteiger partial charge is 0.320 e. The van der Waals surface area contributed by atoms with Gasteiger partial charge in [0.1, 0.15) is 15.7 Å². The van der Waals surface area contributed by atoms with E-state index in [0.717, 1.165) is 11.1 Å². The summed E-state index contributed by atoms with van der Waals surface area (Å²) in [6, 6.07) is 5.55. The highest BCUT2D eigenvalue weighted by molar-refractivity contribution is 7.90. The topological polar surface area (TPSA) is 102 Å². The first-order valence-corrected chi connectivity index (χ1v) is 10.5. The number of nitrogens with zero attached hydrogens (tertiary/aromatic N) is 1. The lowest BCUT2D eigenvalue weighted by atomic mass is 10.1. The van der Waals surface area contributed by atoms with E-state index in [-0.39, 0.29) is 30.4 Å². The minimum atomic E-state index is -3.18. The number of carbonyl (C=O) groups excluding carboxylic acids is 1. The van der Waals surface area contributed by atoms with Crippen LogP contribution in [0.3, 0.4) is 0 Å². The van der Waals surface area contributed by atoms with Crippen LogP contribution in [0.2, 0.25) is 0 Å². The van der Waals surface area contributed by atoms with Crippen LogP contribution in [0, 0.1) is 12.7 Å². The second-order valence-corrected chi connectivity index (χ2v) is 9.15.